The predicted octanol–water partition coefficient (Wildman–Crippen LogP) is 2.44. The molecule has 1 heterocycles. The molecule has 0 radical (unpaired) electrons. The first-order valence-electron chi connectivity index (χ1n) is 5.84. The summed E-state index contributed by atoms with van der Waals surface area (Å²) in [7, 11) is 0. The van der Waals surface area contributed by atoms with Gasteiger partial charge in [-0.2, -0.15) is 0 Å². The fourth-order valence-electron chi connectivity index (χ4n) is 1.88. The Bertz CT molecular complexity index is 802. The van der Waals surface area contributed by atoms with E-state index in [2.05, 4.69) is 15.2 Å². The van der Waals surface area contributed by atoms with E-state index in [0.29, 0.717) is 27.4 Å². The number of fused-ring (bicyclic) bond motifs is 1. The lowest BCUT2D eigenvalue weighted by Crippen LogP contribution is -2.12. The number of benzene rings is 2. The van der Waals surface area contributed by atoms with E-state index in [1.807, 2.05) is 12.1 Å². The maximum atomic E-state index is 11.3. The van der Waals surface area contributed by atoms with Crippen LogP contribution in [0.1, 0.15) is 10.4 Å². The molecular weight excluding hydrogens is 276 g/mol. The molecule has 0 aliphatic heterocycles. The topological polar surface area (TPSA) is 81.8 Å². The second-order valence-electron chi connectivity index (χ2n) is 4.18. The van der Waals surface area contributed by atoms with Gasteiger partial charge in [0, 0.05) is 10.6 Å². The van der Waals surface area contributed by atoms with Crippen LogP contribution in [0.15, 0.2) is 42.5 Å². The van der Waals surface area contributed by atoms with Crippen LogP contribution in [0.25, 0.3) is 22.4 Å². The molecule has 1 amide bonds. The van der Waals surface area contributed by atoms with Gasteiger partial charge < -0.3 is 5.73 Å². The summed E-state index contributed by atoms with van der Waals surface area (Å²) in [5.74, 6) is -0.0817. The Labute approximate surface area is 119 Å². The zero-order chi connectivity index (χ0) is 14.1. The molecule has 0 aliphatic rings. The van der Waals surface area contributed by atoms with Crippen LogP contribution in [0.5, 0.6) is 0 Å². The van der Waals surface area contributed by atoms with Gasteiger partial charge in [0.1, 0.15) is 5.52 Å². The molecule has 98 valence electrons. The summed E-state index contributed by atoms with van der Waals surface area (Å²) in [6.45, 7) is 0. The monoisotopic (exact) mass is 284 g/mol. The van der Waals surface area contributed by atoms with Gasteiger partial charge in [-0.05, 0) is 36.4 Å². The Morgan fingerprint density at radius 2 is 1.80 bits per heavy atom. The quantitative estimate of drug-likeness (QED) is 0.783. The molecule has 0 spiro atoms. The highest BCUT2D eigenvalue weighted by atomic mass is 35.5. The summed E-state index contributed by atoms with van der Waals surface area (Å²) in [5.41, 5.74) is 7.38. The van der Waals surface area contributed by atoms with Crippen molar-refractivity contribution in [2.24, 2.45) is 5.73 Å². The molecule has 0 unspecified atom stereocenters. The summed E-state index contributed by atoms with van der Waals surface area (Å²) in [6, 6.07) is 12.2. The minimum absolute atomic E-state index is 0.310. The fraction of sp³-hybridized carbons (Fsp3) is 0. The Morgan fingerprint density at radius 3 is 2.50 bits per heavy atom. The van der Waals surface area contributed by atoms with Gasteiger partial charge >= 0.3 is 0 Å². The van der Waals surface area contributed by atoms with Gasteiger partial charge in [-0.1, -0.05) is 17.7 Å². The van der Waals surface area contributed by atoms with Gasteiger partial charge in [0.25, 0.3) is 5.91 Å². The molecule has 0 aliphatic carbocycles. The molecule has 3 aromatic rings. The second kappa shape index (κ2) is 4.86. The molecule has 2 aromatic carbocycles. The molecule has 6 heteroatoms. The number of nitrogens with zero attached hydrogens (tertiary/aromatic N) is 3. The zero-order valence-electron chi connectivity index (χ0n) is 10.2. The maximum Gasteiger partial charge on any atom is 0.251 e. The van der Waals surface area contributed by atoms with Gasteiger partial charge in [-0.25, -0.2) is 4.98 Å². The fourth-order valence-corrected chi connectivity index (χ4v) is 2.01. The molecule has 0 saturated heterocycles. The van der Waals surface area contributed by atoms with Crippen LogP contribution in [0.3, 0.4) is 0 Å². The largest absolute Gasteiger partial charge is 0.366 e. The van der Waals surface area contributed by atoms with Gasteiger partial charge in [-0.3, -0.25) is 4.79 Å². The van der Waals surface area contributed by atoms with Crippen LogP contribution < -0.4 is 5.73 Å². The van der Waals surface area contributed by atoms with Crippen LogP contribution >= 0.6 is 11.6 Å². The third-order valence-corrected chi connectivity index (χ3v) is 3.11. The van der Waals surface area contributed by atoms with Gasteiger partial charge in [0.2, 0.25) is 0 Å². The first-order chi connectivity index (χ1) is 9.65. The first kappa shape index (κ1) is 12.5. The number of hydrogen-bond acceptors (Lipinski definition) is 4. The lowest BCUT2D eigenvalue weighted by Gasteiger charge is -2.03. The van der Waals surface area contributed by atoms with E-state index < -0.39 is 5.91 Å². The lowest BCUT2D eigenvalue weighted by atomic mass is 10.1. The number of hydrogen-bond donors (Lipinski definition) is 1. The van der Waals surface area contributed by atoms with E-state index in [4.69, 9.17) is 17.3 Å². The summed E-state index contributed by atoms with van der Waals surface area (Å²) in [6.07, 6.45) is 0. The highest BCUT2D eigenvalue weighted by Crippen LogP contribution is 2.20. The maximum absolute atomic E-state index is 11.3. The number of nitrogens with two attached hydrogens (primary N) is 1. The average Bonchev–Trinajstić information content (AvgIpc) is 2.46. The number of rotatable bonds is 2. The first-order valence-corrected chi connectivity index (χ1v) is 6.22. The van der Waals surface area contributed by atoms with E-state index in [1.54, 1.807) is 30.3 Å². The van der Waals surface area contributed by atoms with Crippen LogP contribution in [-0.2, 0) is 0 Å². The van der Waals surface area contributed by atoms with Crippen molar-refractivity contribution in [1.29, 1.82) is 0 Å². The molecule has 0 bridgehead atoms. The average molecular weight is 285 g/mol. The van der Waals surface area contributed by atoms with E-state index in [-0.39, 0.29) is 0 Å². The van der Waals surface area contributed by atoms with Gasteiger partial charge in [0.05, 0.1) is 11.1 Å². The van der Waals surface area contributed by atoms with E-state index in [9.17, 15) is 4.79 Å². The van der Waals surface area contributed by atoms with Crippen LogP contribution in [0.4, 0.5) is 0 Å². The van der Waals surface area contributed by atoms with Gasteiger partial charge in [-0.15, -0.1) is 10.2 Å². The summed E-state index contributed by atoms with van der Waals surface area (Å²) in [5, 5.41) is 8.73. The molecule has 1 aromatic heterocycles. The summed E-state index contributed by atoms with van der Waals surface area (Å²) >= 11 is 5.84. The number of carbonyl (C=O) groups excluding carboxylic acids is 1. The zero-order valence-corrected chi connectivity index (χ0v) is 11.0. The SMILES string of the molecule is NC(=O)c1cccc2nc(-c3ccc(Cl)cc3)nnc12. The molecule has 20 heavy (non-hydrogen) atoms. The lowest BCUT2D eigenvalue weighted by molar-refractivity contribution is 0.100. The van der Waals surface area contributed by atoms with Crippen molar-refractivity contribution in [3.63, 3.8) is 0 Å². The number of amides is 1. The van der Waals surface area contributed by atoms with Crippen LogP contribution in [0, 0.1) is 0 Å². The standard InChI is InChI=1S/C14H9ClN4O/c15-9-6-4-8(5-7-9)14-17-11-3-1-2-10(13(16)20)12(11)18-19-14/h1-7H,(H2,16,20). The number of aromatic nitrogens is 3. The smallest absolute Gasteiger partial charge is 0.251 e. The van der Waals surface area contributed by atoms with Crippen LogP contribution in [0.2, 0.25) is 5.02 Å². The molecule has 0 atom stereocenters. The van der Waals surface area contributed by atoms with Crippen molar-refractivity contribution in [3.8, 4) is 11.4 Å². The highest BCUT2D eigenvalue weighted by molar-refractivity contribution is 6.30. The second-order valence-corrected chi connectivity index (χ2v) is 4.62. The van der Waals surface area contributed by atoms with Gasteiger partial charge in [0.15, 0.2) is 5.82 Å². The number of carbonyl (C=O) groups is 1. The molecule has 2 N–H and O–H groups in total. The number of halogens is 1. The summed E-state index contributed by atoms with van der Waals surface area (Å²) in [4.78, 5) is 15.7. The third-order valence-electron chi connectivity index (χ3n) is 2.85. The van der Waals surface area contributed by atoms with E-state index >= 15 is 0 Å². The van der Waals surface area contributed by atoms with Crippen molar-refractivity contribution < 1.29 is 4.79 Å². The minimum atomic E-state index is -0.550. The van der Waals surface area contributed by atoms with Crippen LogP contribution in [-0.4, -0.2) is 21.1 Å². The molecule has 3 rings (SSSR count). The Balaban J connectivity index is 2.16. The third kappa shape index (κ3) is 2.19. The Morgan fingerprint density at radius 1 is 1.05 bits per heavy atom. The Hall–Kier alpha value is -2.53. The molecule has 0 saturated carbocycles. The van der Waals surface area contributed by atoms with Crippen molar-refractivity contribution >= 4 is 28.5 Å². The number of primary amides is 1. The normalized spacial score (nSPS) is 10.7. The van der Waals surface area contributed by atoms with E-state index in [1.165, 1.54) is 0 Å². The molecule has 5 nitrogen and oxygen atoms in total. The molecule has 0 fully saturated rings. The highest BCUT2D eigenvalue weighted by Gasteiger charge is 2.10. The van der Waals surface area contributed by atoms with Crippen molar-refractivity contribution in [1.82, 2.24) is 15.2 Å². The predicted molar refractivity (Wildman–Crippen MR) is 76.3 cm³/mol. The van der Waals surface area contributed by atoms with Crippen molar-refractivity contribution in [2.75, 3.05) is 0 Å². The Kier molecular flexibility index (Phi) is 3.04. The summed E-state index contributed by atoms with van der Waals surface area (Å²) < 4.78 is 0. The minimum Gasteiger partial charge on any atom is -0.366 e. The van der Waals surface area contributed by atoms with Crippen molar-refractivity contribution in [2.45, 2.75) is 0 Å². The van der Waals surface area contributed by atoms with E-state index in [0.717, 1.165) is 5.56 Å². The molecular formula is C14H9ClN4O. The van der Waals surface area contributed by atoms with Crippen molar-refractivity contribution in [3.05, 3.63) is 53.1 Å².